The Morgan fingerprint density at radius 1 is 1.57 bits per heavy atom. The first-order chi connectivity index (χ1) is 10.7. The van der Waals surface area contributed by atoms with Crippen LogP contribution in [-0.2, 0) is 0 Å². The van der Waals surface area contributed by atoms with E-state index in [0.717, 1.165) is 19.4 Å². The van der Waals surface area contributed by atoms with Crippen molar-refractivity contribution in [2.75, 3.05) is 23.7 Å². The van der Waals surface area contributed by atoms with Crippen LogP contribution in [0.25, 0.3) is 0 Å². The third-order valence-corrected chi connectivity index (χ3v) is 4.30. The lowest BCUT2D eigenvalue weighted by molar-refractivity contribution is 0.145. The average molecular weight is 323 g/mol. The normalized spacial score (nSPS) is 20.1. The van der Waals surface area contributed by atoms with Gasteiger partial charge in [0.05, 0.1) is 11.9 Å². The van der Waals surface area contributed by atoms with Crippen LogP contribution in [0.1, 0.15) is 33.6 Å². The highest BCUT2D eigenvalue weighted by molar-refractivity contribution is 5.65. The van der Waals surface area contributed by atoms with Gasteiger partial charge in [-0.1, -0.05) is 20.8 Å². The Morgan fingerprint density at radius 2 is 2.26 bits per heavy atom. The molecule has 0 radical (unpaired) electrons. The fourth-order valence-corrected chi connectivity index (χ4v) is 3.33. The van der Waals surface area contributed by atoms with Crippen molar-refractivity contribution >= 4 is 17.6 Å². The summed E-state index contributed by atoms with van der Waals surface area (Å²) in [6, 6.07) is -0.167. The topological polar surface area (TPSA) is 124 Å². The summed E-state index contributed by atoms with van der Waals surface area (Å²) < 4.78 is 0. The van der Waals surface area contributed by atoms with E-state index >= 15 is 0 Å². The van der Waals surface area contributed by atoms with Gasteiger partial charge in [-0.2, -0.15) is 4.98 Å². The maximum atomic E-state index is 11.2. The lowest BCUT2D eigenvalue weighted by atomic mass is 9.76. The van der Waals surface area contributed by atoms with E-state index in [9.17, 15) is 9.59 Å². The number of nitrogens with one attached hydrogen (secondary N) is 2. The molecular formula is C15H25N5O3. The molecule has 2 rings (SSSR count). The Balaban J connectivity index is 2.21. The molecule has 1 aliphatic rings. The number of nitrogens with zero attached hydrogens (tertiary/aromatic N) is 2. The zero-order chi connectivity index (χ0) is 17.2. The Morgan fingerprint density at radius 3 is 2.83 bits per heavy atom. The molecule has 8 heteroatoms. The predicted octanol–water partition coefficient (Wildman–Crippen LogP) is 1.25. The van der Waals surface area contributed by atoms with Crippen molar-refractivity contribution in [1.29, 1.82) is 0 Å². The highest BCUT2D eigenvalue weighted by Gasteiger charge is 2.36. The molecule has 1 aliphatic heterocycles. The summed E-state index contributed by atoms with van der Waals surface area (Å²) in [7, 11) is 0. The number of carbonyl (C=O) groups is 1. The smallest absolute Gasteiger partial charge is 0.404 e. The molecule has 1 aromatic rings. The van der Waals surface area contributed by atoms with Gasteiger partial charge in [0.2, 0.25) is 0 Å². The SMILES string of the molecule is CC(C)(C)C(NC(=O)O)C1CCCN(c2cnc(=O)[nH]c2N)C1. The summed E-state index contributed by atoms with van der Waals surface area (Å²) in [5, 5.41) is 11.8. The molecule has 2 heterocycles. The summed E-state index contributed by atoms with van der Waals surface area (Å²) >= 11 is 0. The van der Waals surface area contributed by atoms with E-state index < -0.39 is 11.8 Å². The van der Waals surface area contributed by atoms with Gasteiger partial charge in [0.1, 0.15) is 5.82 Å². The van der Waals surface area contributed by atoms with Crippen molar-refractivity contribution in [3.8, 4) is 0 Å². The van der Waals surface area contributed by atoms with E-state index in [-0.39, 0.29) is 17.4 Å². The lowest BCUT2D eigenvalue weighted by Crippen LogP contribution is -2.53. The van der Waals surface area contributed by atoms with Crippen molar-refractivity contribution in [1.82, 2.24) is 15.3 Å². The van der Waals surface area contributed by atoms with Gasteiger partial charge >= 0.3 is 11.8 Å². The predicted molar refractivity (Wildman–Crippen MR) is 88.6 cm³/mol. The number of nitrogens with two attached hydrogens (primary N) is 1. The average Bonchev–Trinajstić information content (AvgIpc) is 2.43. The molecule has 1 saturated heterocycles. The summed E-state index contributed by atoms with van der Waals surface area (Å²) in [4.78, 5) is 30.7. The van der Waals surface area contributed by atoms with Crippen LogP contribution >= 0.6 is 0 Å². The molecule has 1 fully saturated rings. The zero-order valence-electron chi connectivity index (χ0n) is 13.8. The van der Waals surface area contributed by atoms with Gasteiger partial charge in [0.25, 0.3) is 0 Å². The van der Waals surface area contributed by atoms with Crippen LogP contribution in [0.15, 0.2) is 11.0 Å². The van der Waals surface area contributed by atoms with E-state index in [1.165, 1.54) is 6.20 Å². The van der Waals surface area contributed by atoms with Crippen LogP contribution in [0.2, 0.25) is 0 Å². The monoisotopic (exact) mass is 323 g/mol. The molecule has 5 N–H and O–H groups in total. The number of amides is 1. The number of hydrogen-bond donors (Lipinski definition) is 4. The minimum Gasteiger partial charge on any atom is -0.465 e. The number of nitrogen functional groups attached to an aromatic ring is 1. The van der Waals surface area contributed by atoms with Crippen LogP contribution in [0.4, 0.5) is 16.3 Å². The minimum atomic E-state index is -1.01. The van der Waals surface area contributed by atoms with Crippen molar-refractivity contribution in [3.63, 3.8) is 0 Å². The summed E-state index contributed by atoms with van der Waals surface area (Å²) in [5.41, 5.74) is 5.92. The third-order valence-electron chi connectivity index (χ3n) is 4.30. The fourth-order valence-electron chi connectivity index (χ4n) is 3.33. The molecule has 0 aromatic carbocycles. The molecule has 0 saturated carbocycles. The molecule has 2 unspecified atom stereocenters. The van der Waals surface area contributed by atoms with Crippen molar-refractivity contribution in [3.05, 3.63) is 16.7 Å². The first-order valence-corrected chi connectivity index (χ1v) is 7.77. The Hall–Kier alpha value is -2.25. The first kappa shape index (κ1) is 17.1. The highest BCUT2D eigenvalue weighted by atomic mass is 16.4. The number of H-pyrrole nitrogens is 1. The maximum Gasteiger partial charge on any atom is 0.404 e. The van der Waals surface area contributed by atoms with E-state index in [2.05, 4.69) is 20.2 Å². The van der Waals surface area contributed by atoms with E-state index in [0.29, 0.717) is 18.1 Å². The van der Waals surface area contributed by atoms with Crippen LogP contribution < -0.4 is 21.6 Å². The highest BCUT2D eigenvalue weighted by Crippen LogP contribution is 2.33. The summed E-state index contributed by atoms with van der Waals surface area (Å²) in [5.74, 6) is 0.454. The fraction of sp³-hybridized carbons (Fsp3) is 0.667. The standard InChI is InChI=1S/C15H25N5O3/c1-15(2,3)11(18-14(22)23)9-5-4-6-20(8-9)10-7-17-13(21)19-12(10)16/h7,9,11,18H,4-6,8H2,1-3H3,(H,22,23)(H3,16,17,19,21). The first-order valence-electron chi connectivity index (χ1n) is 7.77. The molecule has 8 nitrogen and oxygen atoms in total. The van der Waals surface area contributed by atoms with Gasteiger partial charge < -0.3 is 21.1 Å². The molecule has 2 atom stereocenters. The Kier molecular flexibility index (Phi) is 4.82. The maximum absolute atomic E-state index is 11.2. The number of rotatable bonds is 3. The van der Waals surface area contributed by atoms with Gasteiger partial charge in [0, 0.05) is 19.1 Å². The lowest BCUT2D eigenvalue weighted by Gasteiger charge is -2.43. The largest absolute Gasteiger partial charge is 0.465 e. The molecule has 1 aromatic heterocycles. The number of aromatic amines is 1. The van der Waals surface area contributed by atoms with Crippen molar-refractivity contribution in [2.45, 2.75) is 39.7 Å². The molecule has 128 valence electrons. The number of anilines is 2. The molecule has 1 amide bonds. The second-order valence-electron chi connectivity index (χ2n) is 7.13. The van der Waals surface area contributed by atoms with E-state index in [4.69, 9.17) is 10.8 Å². The summed E-state index contributed by atoms with van der Waals surface area (Å²) in [6.07, 6.45) is 2.34. The van der Waals surface area contributed by atoms with Crippen molar-refractivity contribution < 1.29 is 9.90 Å². The van der Waals surface area contributed by atoms with Crippen molar-refractivity contribution in [2.24, 2.45) is 11.3 Å². The van der Waals surface area contributed by atoms with Crippen LogP contribution in [-0.4, -0.2) is 40.3 Å². The van der Waals surface area contributed by atoms with Gasteiger partial charge in [-0.3, -0.25) is 4.98 Å². The van der Waals surface area contributed by atoms with E-state index in [1.54, 1.807) is 0 Å². The van der Waals surface area contributed by atoms with Gasteiger partial charge in [0.15, 0.2) is 0 Å². The quantitative estimate of drug-likeness (QED) is 0.663. The van der Waals surface area contributed by atoms with Gasteiger partial charge in [-0.05, 0) is 24.2 Å². The van der Waals surface area contributed by atoms with Crippen LogP contribution in [0, 0.1) is 11.3 Å². The Labute approximate surface area is 135 Å². The number of carboxylic acid groups (broad SMARTS) is 1. The molecule has 23 heavy (non-hydrogen) atoms. The van der Waals surface area contributed by atoms with Crippen LogP contribution in [0.3, 0.4) is 0 Å². The Bertz CT molecular complexity index is 622. The number of aromatic nitrogens is 2. The summed E-state index contributed by atoms with van der Waals surface area (Å²) in [6.45, 7) is 7.56. The molecule has 0 spiro atoms. The second-order valence-corrected chi connectivity index (χ2v) is 7.13. The second kappa shape index (κ2) is 6.47. The van der Waals surface area contributed by atoms with E-state index in [1.807, 2.05) is 20.8 Å². The van der Waals surface area contributed by atoms with Gasteiger partial charge in [-0.15, -0.1) is 0 Å². The zero-order valence-corrected chi connectivity index (χ0v) is 13.8. The molecule has 0 aliphatic carbocycles. The molecular weight excluding hydrogens is 298 g/mol. The third kappa shape index (κ3) is 4.14. The molecule has 0 bridgehead atoms. The van der Waals surface area contributed by atoms with Gasteiger partial charge in [-0.25, -0.2) is 9.59 Å². The number of hydrogen-bond acceptors (Lipinski definition) is 5. The van der Waals surface area contributed by atoms with Crippen LogP contribution in [0.5, 0.6) is 0 Å². The minimum absolute atomic E-state index is 0.158. The number of piperidine rings is 1.